The summed E-state index contributed by atoms with van der Waals surface area (Å²) < 4.78 is 0. The summed E-state index contributed by atoms with van der Waals surface area (Å²) in [5.41, 5.74) is 2.60. The largest absolute Gasteiger partial charge is 0.273 e. The number of unbranched alkanes of at least 4 members (excludes halogenated alkanes) is 1. The van der Waals surface area contributed by atoms with E-state index in [0.717, 1.165) is 18.8 Å². The van der Waals surface area contributed by atoms with Gasteiger partial charge in [0, 0.05) is 5.92 Å². The summed E-state index contributed by atoms with van der Waals surface area (Å²) in [6, 6.07) is 0. The Morgan fingerprint density at radius 1 is 1.28 bits per heavy atom. The van der Waals surface area contributed by atoms with Crippen molar-refractivity contribution in [2.24, 2.45) is 17.8 Å². The molecule has 0 unspecified atom stereocenters. The van der Waals surface area contributed by atoms with Crippen LogP contribution in [-0.4, -0.2) is 12.5 Å². The number of rotatable bonds is 7. The Morgan fingerprint density at radius 3 is 2.50 bits per heavy atom. The van der Waals surface area contributed by atoms with E-state index in [0.29, 0.717) is 12.5 Å². The van der Waals surface area contributed by atoms with Gasteiger partial charge in [0.25, 0.3) is 0 Å². The van der Waals surface area contributed by atoms with Gasteiger partial charge in [-0.2, -0.15) is 0 Å². The second-order valence-corrected chi connectivity index (χ2v) is 6.03. The summed E-state index contributed by atoms with van der Waals surface area (Å²) in [5, 5.41) is 0. The van der Waals surface area contributed by atoms with Crippen molar-refractivity contribution < 1.29 is 9.63 Å². The SMILES string of the molecule is CCCCC1CCC(C(=O)NOCC(C)C)CC1. The highest BCUT2D eigenvalue weighted by Crippen LogP contribution is 2.31. The van der Waals surface area contributed by atoms with E-state index in [1.165, 1.54) is 32.1 Å². The fourth-order valence-corrected chi connectivity index (χ4v) is 2.57. The zero-order valence-electron chi connectivity index (χ0n) is 12.2. The molecule has 0 bridgehead atoms. The highest BCUT2D eigenvalue weighted by atomic mass is 16.6. The van der Waals surface area contributed by atoms with Crippen LogP contribution < -0.4 is 5.48 Å². The zero-order chi connectivity index (χ0) is 13.4. The maximum atomic E-state index is 11.9. The van der Waals surface area contributed by atoms with Crippen LogP contribution in [-0.2, 0) is 9.63 Å². The van der Waals surface area contributed by atoms with Gasteiger partial charge in [-0.15, -0.1) is 0 Å². The lowest BCUT2D eigenvalue weighted by molar-refractivity contribution is -0.139. The molecular formula is C15H29NO2. The van der Waals surface area contributed by atoms with Crippen molar-refractivity contribution in [3.63, 3.8) is 0 Å². The van der Waals surface area contributed by atoms with Gasteiger partial charge in [0.1, 0.15) is 0 Å². The van der Waals surface area contributed by atoms with Gasteiger partial charge in [0.15, 0.2) is 0 Å². The molecule has 0 aromatic heterocycles. The van der Waals surface area contributed by atoms with Crippen molar-refractivity contribution in [2.75, 3.05) is 6.61 Å². The highest BCUT2D eigenvalue weighted by molar-refractivity contribution is 5.77. The molecule has 0 atom stereocenters. The van der Waals surface area contributed by atoms with Crippen LogP contribution in [0.1, 0.15) is 65.7 Å². The summed E-state index contributed by atoms with van der Waals surface area (Å²) in [6.45, 7) is 6.99. The number of nitrogens with one attached hydrogen (secondary N) is 1. The third-order valence-electron chi connectivity index (χ3n) is 3.77. The van der Waals surface area contributed by atoms with Crippen molar-refractivity contribution >= 4 is 5.91 Å². The van der Waals surface area contributed by atoms with Gasteiger partial charge < -0.3 is 0 Å². The number of amides is 1. The van der Waals surface area contributed by atoms with Crippen LogP contribution in [0.2, 0.25) is 0 Å². The number of hydrogen-bond donors (Lipinski definition) is 1. The Labute approximate surface area is 112 Å². The van der Waals surface area contributed by atoms with Crippen LogP contribution in [0.15, 0.2) is 0 Å². The fourth-order valence-electron chi connectivity index (χ4n) is 2.57. The van der Waals surface area contributed by atoms with Gasteiger partial charge in [0.2, 0.25) is 5.91 Å². The maximum Gasteiger partial charge on any atom is 0.246 e. The molecule has 0 spiro atoms. The van der Waals surface area contributed by atoms with Crippen LogP contribution in [0.5, 0.6) is 0 Å². The molecule has 18 heavy (non-hydrogen) atoms. The van der Waals surface area contributed by atoms with Crippen LogP contribution >= 0.6 is 0 Å². The van der Waals surface area contributed by atoms with Gasteiger partial charge in [-0.25, -0.2) is 5.48 Å². The first-order valence-corrected chi connectivity index (χ1v) is 7.55. The van der Waals surface area contributed by atoms with Crippen molar-refractivity contribution in [1.82, 2.24) is 5.48 Å². The molecule has 3 heteroatoms. The molecule has 106 valence electrons. The predicted molar refractivity (Wildman–Crippen MR) is 73.9 cm³/mol. The lowest BCUT2D eigenvalue weighted by Crippen LogP contribution is -2.34. The highest BCUT2D eigenvalue weighted by Gasteiger charge is 2.26. The Hall–Kier alpha value is -0.570. The summed E-state index contributed by atoms with van der Waals surface area (Å²) in [5.74, 6) is 1.57. The van der Waals surface area contributed by atoms with Crippen LogP contribution in [0.25, 0.3) is 0 Å². The Bertz CT molecular complexity index is 233. The molecule has 1 aliphatic rings. The van der Waals surface area contributed by atoms with E-state index in [2.05, 4.69) is 26.3 Å². The molecule has 0 aromatic carbocycles. The molecular weight excluding hydrogens is 226 g/mol. The topological polar surface area (TPSA) is 38.3 Å². The minimum Gasteiger partial charge on any atom is -0.273 e. The van der Waals surface area contributed by atoms with E-state index >= 15 is 0 Å². The van der Waals surface area contributed by atoms with Gasteiger partial charge in [0.05, 0.1) is 6.61 Å². The molecule has 1 amide bonds. The van der Waals surface area contributed by atoms with E-state index < -0.39 is 0 Å². The molecule has 0 saturated heterocycles. The lowest BCUT2D eigenvalue weighted by atomic mass is 9.79. The van der Waals surface area contributed by atoms with E-state index in [9.17, 15) is 4.79 Å². The minimum atomic E-state index is 0.0876. The average Bonchev–Trinajstić information content (AvgIpc) is 2.36. The molecule has 1 rings (SSSR count). The molecule has 3 nitrogen and oxygen atoms in total. The zero-order valence-corrected chi connectivity index (χ0v) is 12.2. The first-order chi connectivity index (χ1) is 8.63. The molecule has 0 aliphatic heterocycles. The van der Waals surface area contributed by atoms with Crippen LogP contribution in [0.3, 0.4) is 0 Å². The standard InChI is InChI=1S/C15H29NO2/c1-4-5-6-13-7-9-14(10-8-13)15(17)16-18-11-12(2)3/h12-14H,4-11H2,1-3H3,(H,16,17). The fraction of sp³-hybridized carbons (Fsp3) is 0.933. The molecule has 1 fully saturated rings. The lowest BCUT2D eigenvalue weighted by Gasteiger charge is -2.27. The summed E-state index contributed by atoms with van der Waals surface area (Å²) in [6.07, 6.45) is 8.44. The Kier molecular flexibility index (Phi) is 7.33. The van der Waals surface area contributed by atoms with Crippen LogP contribution in [0, 0.1) is 17.8 Å². The summed E-state index contributed by atoms with van der Waals surface area (Å²) in [4.78, 5) is 17.1. The van der Waals surface area contributed by atoms with Gasteiger partial charge in [-0.1, -0.05) is 40.0 Å². The van der Waals surface area contributed by atoms with Crippen molar-refractivity contribution in [2.45, 2.75) is 65.7 Å². The average molecular weight is 255 g/mol. The number of carbonyl (C=O) groups is 1. The Morgan fingerprint density at radius 2 is 1.94 bits per heavy atom. The van der Waals surface area contributed by atoms with Gasteiger partial charge in [-0.05, 0) is 37.5 Å². The first kappa shape index (κ1) is 15.5. The van der Waals surface area contributed by atoms with Gasteiger partial charge >= 0.3 is 0 Å². The quantitative estimate of drug-likeness (QED) is 0.705. The molecule has 0 aromatic rings. The second-order valence-electron chi connectivity index (χ2n) is 6.03. The monoisotopic (exact) mass is 255 g/mol. The summed E-state index contributed by atoms with van der Waals surface area (Å²) in [7, 11) is 0. The maximum absolute atomic E-state index is 11.9. The number of carbonyl (C=O) groups excluding carboxylic acids is 1. The van der Waals surface area contributed by atoms with Gasteiger partial charge in [-0.3, -0.25) is 9.63 Å². The molecule has 1 saturated carbocycles. The second kappa shape index (κ2) is 8.52. The van der Waals surface area contributed by atoms with E-state index in [4.69, 9.17) is 4.84 Å². The summed E-state index contributed by atoms with van der Waals surface area (Å²) >= 11 is 0. The third kappa shape index (κ3) is 5.85. The smallest absolute Gasteiger partial charge is 0.246 e. The van der Waals surface area contributed by atoms with Crippen molar-refractivity contribution in [1.29, 1.82) is 0 Å². The molecule has 1 aliphatic carbocycles. The van der Waals surface area contributed by atoms with E-state index in [-0.39, 0.29) is 11.8 Å². The molecule has 1 N–H and O–H groups in total. The van der Waals surface area contributed by atoms with E-state index in [1.54, 1.807) is 0 Å². The first-order valence-electron chi connectivity index (χ1n) is 7.55. The number of hydroxylamine groups is 1. The van der Waals surface area contributed by atoms with Crippen molar-refractivity contribution in [3.8, 4) is 0 Å². The molecule has 0 heterocycles. The van der Waals surface area contributed by atoms with Crippen LogP contribution in [0.4, 0.5) is 0 Å². The predicted octanol–water partition coefficient (Wildman–Crippen LogP) is 3.69. The third-order valence-corrected chi connectivity index (χ3v) is 3.77. The molecule has 0 radical (unpaired) electrons. The van der Waals surface area contributed by atoms with E-state index in [1.807, 2.05) is 0 Å². The Balaban J connectivity index is 2.15. The van der Waals surface area contributed by atoms with Crippen molar-refractivity contribution in [3.05, 3.63) is 0 Å². The minimum absolute atomic E-state index is 0.0876. The number of hydrogen-bond acceptors (Lipinski definition) is 2. The normalized spacial score (nSPS) is 24.2.